The van der Waals surface area contributed by atoms with Crippen LogP contribution in [0.5, 0.6) is 0 Å². The van der Waals surface area contributed by atoms with Crippen molar-refractivity contribution in [1.29, 1.82) is 0 Å². The molecule has 13 heteroatoms. The Bertz CT molecular complexity index is 1210. The molecule has 0 saturated heterocycles. The lowest BCUT2D eigenvalue weighted by molar-refractivity contribution is -0.171. The largest absolute Gasteiger partial charge is 0.466 e. The van der Waals surface area contributed by atoms with Crippen molar-refractivity contribution >= 4 is 35.8 Å². The molecule has 63 heavy (non-hydrogen) atoms. The Morgan fingerprint density at radius 3 is 1.17 bits per heavy atom. The van der Waals surface area contributed by atoms with Gasteiger partial charge in [-0.05, 0) is 110 Å². The molecule has 0 aliphatic carbocycles. The maximum atomic E-state index is 13.5. The first-order valence-corrected chi connectivity index (χ1v) is 24.3. The lowest BCUT2D eigenvalue weighted by Gasteiger charge is -2.32. The van der Waals surface area contributed by atoms with Crippen LogP contribution in [0, 0.1) is 11.3 Å². The number of carbonyl (C=O) groups is 6. The summed E-state index contributed by atoms with van der Waals surface area (Å²) in [6, 6.07) is 0. The molecule has 0 aromatic heterocycles. The molecule has 364 valence electrons. The summed E-state index contributed by atoms with van der Waals surface area (Å²) in [6.07, 6.45) is 24.5. The number of unbranched alkanes of at least 4 members (excludes halogenated alkanes) is 8. The van der Waals surface area contributed by atoms with Crippen molar-refractivity contribution in [2.75, 3.05) is 60.3 Å². The van der Waals surface area contributed by atoms with E-state index in [9.17, 15) is 28.8 Å². The first kappa shape index (κ1) is 59.3. The van der Waals surface area contributed by atoms with Crippen LogP contribution in [0.15, 0.2) is 24.3 Å². The zero-order chi connectivity index (χ0) is 46.8. The van der Waals surface area contributed by atoms with Gasteiger partial charge in [-0.25, -0.2) is 0 Å². The highest BCUT2D eigenvalue weighted by molar-refractivity contribution is 5.72. The van der Waals surface area contributed by atoms with Crippen LogP contribution in [-0.2, 0) is 57.2 Å². The molecule has 0 aliphatic heterocycles. The Balaban J connectivity index is 5.82. The minimum absolute atomic E-state index is 0.0185. The van der Waals surface area contributed by atoms with Crippen molar-refractivity contribution in [3.05, 3.63) is 24.3 Å². The molecule has 0 amide bonds. The van der Waals surface area contributed by atoms with Crippen molar-refractivity contribution in [3.63, 3.8) is 0 Å². The Labute approximate surface area is 381 Å². The summed E-state index contributed by atoms with van der Waals surface area (Å²) in [7, 11) is 3.82. The van der Waals surface area contributed by atoms with Gasteiger partial charge in [0.15, 0.2) is 0 Å². The number of esters is 6. The Morgan fingerprint density at radius 1 is 0.444 bits per heavy atom. The van der Waals surface area contributed by atoms with Crippen molar-refractivity contribution in [2.45, 2.75) is 188 Å². The summed E-state index contributed by atoms with van der Waals surface area (Å²) in [4.78, 5) is 78.9. The second-order valence-electron chi connectivity index (χ2n) is 17.0. The van der Waals surface area contributed by atoms with Gasteiger partial charge in [0.1, 0.15) is 31.8 Å². The van der Waals surface area contributed by atoms with Crippen molar-refractivity contribution < 1.29 is 57.2 Å². The van der Waals surface area contributed by atoms with Gasteiger partial charge in [-0.15, -0.1) is 0 Å². The molecule has 0 bridgehead atoms. The third kappa shape index (κ3) is 37.4. The summed E-state index contributed by atoms with van der Waals surface area (Å²) in [5.41, 5.74) is -1.38. The molecule has 0 aromatic rings. The van der Waals surface area contributed by atoms with Crippen LogP contribution in [0.1, 0.15) is 188 Å². The highest BCUT2D eigenvalue weighted by Crippen LogP contribution is 2.26. The Morgan fingerprint density at radius 2 is 0.810 bits per heavy atom. The first-order valence-electron chi connectivity index (χ1n) is 24.3. The number of rotatable bonds is 42. The molecule has 0 aromatic carbocycles. The number of ether oxygens (including phenoxy) is 6. The average Bonchev–Trinajstić information content (AvgIpc) is 3.25. The molecule has 0 aliphatic rings. The highest BCUT2D eigenvalue weighted by atomic mass is 16.6. The monoisotopic (exact) mass is 894 g/mol. The minimum Gasteiger partial charge on any atom is -0.466 e. The first-order chi connectivity index (χ1) is 30.4. The van der Waals surface area contributed by atoms with E-state index in [-0.39, 0.29) is 82.8 Å². The summed E-state index contributed by atoms with van der Waals surface area (Å²) < 4.78 is 33.7. The second-order valence-corrected chi connectivity index (χ2v) is 17.0. The van der Waals surface area contributed by atoms with Crippen LogP contribution in [0.3, 0.4) is 0 Å². The zero-order valence-corrected chi connectivity index (χ0v) is 40.4. The molecule has 0 radical (unpaired) electrons. The fourth-order valence-corrected chi connectivity index (χ4v) is 6.51. The van der Waals surface area contributed by atoms with E-state index in [1.54, 1.807) is 0 Å². The van der Waals surface area contributed by atoms with E-state index in [1.165, 1.54) is 0 Å². The van der Waals surface area contributed by atoms with Gasteiger partial charge in [-0.3, -0.25) is 28.8 Å². The molecule has 0 rings (SSSR count). The maximum absolute atomic E-state index is 13.5. The van der Waals surface area contributed by atoms with Gasteiger partial charge in [0.2, 0.25) is 0 Å². The molecule has 13 nitrogen and oxygen atoms in total. The van der Waals surface area contributed by atoms with Crippen molar-refractivity contribution in [3.8, 4) is 0 Å². The van der Waals surface area contributed by atoms with Gasteiger partial charge in [-0.2, -0.15) is 0 Å². The maximum Gasteiger partial charge on any atom is 0.306 e. The van der Waals surface area contributed by atoms with Crippen LogP contribution in [-0.4, -0.2) is 101 Å². The van der Waals surface area contributed by atoms with Crippen LogP contribution >= 0.6 is 0 Å². The molecule has 0 atom stereocenters. The third-order valence-electron chi connectivity index (χ3n) is 10.4. The second kappa shape index (κ2) is 41.0. The van der Waals surface area contributed by atoms with Crippen molar-refractivity contribution in [2.24, 2.45) is 11.3 Å². The fourth-order valence-electron chi connectivity index (χ4n) is 6.51. The lowest BCUT2D eigenvalue weighted by atomic mass is 9.91. The third-order valence-corrected chi connectivity index (χ3v) is 10.4. The van der Waals surface area contributed by atoms with Crippen molar-refractivity contribution in [1.82, 2.24) is 4.90 Å². The van der Waals surface area contributed by atoms with E-state index in [4.69, 9.17) is 28.4 Å². The quantitative estimate of drug-likeness (QED) is 0.0247. The molecular weight excluding hydrogens is 807 g/mol. The predicted octanol–water partition coefficient (Wildman–Crippen LogP) is 10.4. The standard InChI is InChI=1S/C50H87NO12/c1-7-11-15-17-25-36-58-44(52)30-21-23-32-46(54)60-39-50(41-62-48(56)34-27-35-51(5)6,42-63-49(57)38-43(28-19-13-9-3)29-20-14-10-4)40-61-47(55)33-24-22-31-45(53)59-37-26-18-16-12-8-2/h11-12,15-16,43H,7-10,13-14,17-42H2,1-6H3/b15-11-,16-12-. The smallest absolute Gasteiger partial charge is 0.306 e. The molecular formula is C50H87NO12. The number of hydrogen-bond acceptors (Lipinski definition) is 13. The Hall–Kier alpha value is -3.74. The van der Waals surface area contributed by atoms with E-state index >= 15 is 0 Å². The summed E-state index contributed by atoms with van der Waals surface area (Å²) in [5.74, 6) is -2.48. The van der Waals surface area contributed by atoms with Gasteiger partial charge < -0.3 is 33.3 Å². The summed E-state index contributed by atoms with van der Waals surface area (Å²) in [6.45, 7) is 8.46. The molecule has 0 unspecified atom stereocenters. The minimum atomic E-state index is -1.38. The van der Waals surface area contributed by atoms with Gasteiger partial charge in [-0.1, -0.05) is 90.5 Å². The number of nitrogens with zero attached hydrogens (tertiary/aromatic N) is 1. The summed E-state index contributed by atoms with van der Waals surface area (Å²) in [5, 5.41) is 0. The molecule has 0 heterocycles. The molecule has 0 spiro atoms. The average molecular weight is 894 g/mol. The zero-order valence-electron chi connectivity index (χ0n) is 40.4. The van der Waals surface area contributed by atoms with Gasteiger partial charge >= 0.3 is 35.8 Å². The SMILES string of the molecule is CC/C=C\CCCOC(=O)CCCCC(=O)OCC(COC(=O)CCCCC(=O)OCCC/C=C\CC)(COC(=O)CCCN(C)C)COC(=O)CC(CCCCC)CCCCC. The Kier molecular flexibility index (Phi) is 38.6. The van der Waals surface area contributed by atoms with Crippen LogP contribution in [0.2, 0.25) is 0 Å². The molecule has 0 N–H and O–H groups in total. The van der Waals surface area contributed by atoms with E-state index in [2.05, 4.69) is 52.0 Å². The molecule has 0 fully saturated rings. The van der Waals surface area contributed by atoms with Gasteiger partial charge in [0.05, 0.1) is 13.2 Å². The normalized spacial score (nSPS) is 11.7. The van der Waals surface area contributed by atoms with E-state index in [0.29, 0.717) is 51.9 Å². The fraction of sp³-hybridized carbons (Fsp3) is 0.800. The van der Waals surface area contributed by atoms with E-state index < -0.39 is 29.3 Å². The number of allylic oxidation sites excluding steroid dienone is 4. The molecule has 0 saturated carbocycles. The predicted molar refractivity (Wildman–Crippen MR) is 247 cm³/mol. The van der Waals surface area contributed by atoms with Crippen LogP contribution in [0.4, 0.5) is 0 Å². The van der Waals surface area contributed by atoms with Gasteiger partial charge in [0.25, 0.3) is 0 Å². The van der Waals surface area contributed by atoms with Gasteiger partial charge in [0, 0.05) is 38.5 Å². The van der Waals surface area contributed by atoms with E-state index in [1.807, 2.05) is 19.0 Å². The van der Waals surface area contributed by atoms with Crippen LogP contribution < -0.4 is 0 Å². The number of hydrogen-bond donors (Lipinski definition) is 0. The highest BCUT2D eigenvalue weighted by Gasteiger charge is 2.38. The number of carbonyl (C=O) groups excluding carboxylic acids is 6. The summed E-state index contributed by atoms with van der Waals surface area (Å²) >= 11 is 0. The lowest BCUT2D eigenvalue weighted by Crippen LogP contribution is -2.44. The van der Waals surface area contributed by atoms with E-state index in [0.717, 1.165) is 89.9 Å². The topological polar surface area (TPSA) is 161 Å². The van der Waals surface area contributed by atoms with Crippen LogP contribution in [0.25, 0.3) is 0 Å².